The van der Waals surface area contributed by atoms with Crippen LogP contribution < -0.4 is 0 Å². The van der Waals surface area contributed by atoms with E-state index >= 15 is 0 Å². The maximum absolute atomic E-state index is 7.26. The lowest BCUT2D eigenvalue weighted by Gasteiger charge is -2.39. The number of benzene rings is 6. The second-order valence-electron chi connectivity index (χ2n) is 13.6. The molecular formula is C46H36Cl2N4. The highest BCUT2D eigenvalue weighted by Crippen LogP contribution is 2.57. The van der Waals surface area contributed by atoms with Crippen LogP contribution in [-0.4, -0.2) is 22.8 Å². The van der Waals surface area contributed by atoms with E-state index in [2.05, 4.69) is 125 Å². The van der Waals surface area contributed by atoms with E-state index in [1.54, 1.807) is 0 Å². The summed E-state index contributed by atoms with van der Waals surface area (Å²) in [5, 5.41) is 1.00. The van der Waals surface area contributed by atoms with Crippen molar-refractivity contribution in [3.8, 4) is 0 Å². The Morgan fingerprint density at radius 2 is 0.558 bits per heavy atom. The SMILES string of the molecule is Cc1ccc(C2=NC(c3ccccc3Cl)(C3(c4ccccc4Cl)N=C(c4ccc(C)cc4)C(c4ccc(C)cc4)=N3)N=C2c2ccc(C)cc2)cc1. The van der Waals surface area contributed by atoms with E-state index in [1.807, 2.05) is 48.5 Å². The van der Waals surface area contributed by atoms with Gasteiger partial charge in [0.1, 0.15) is 0 Å². The highest BCUT2D eigenvalue weighted by molar-refractivity contribution is 6.56. The lowest BCUT2D eigenvalue weighted by atomic mass is 9.82. The first-order valence-electron chi connectivity index (χ1n) is 17.4. The van der Waals surface area contributed by atoms with Crippen LogP contribution in [0.1, 0.15) is 55.6 Å². The quantitative estimate of drug-likeness (QED) is 0.158. The summed E-state index contributed by atoms with van der Waals surface area (Å²) < 4.78 is 0. The number of aryl methyl sites for hydroxylation is 4. The fourth-order valence-electron chi connectivity index (χ4n) is 6.98. The smallest absolute Gasteiger partial charge is 0.227 e. The summed E-state index contributed by atoms with van der Waals surface area (Å²) in [5.74, 6) is 0. The maximum Gasteiger partial charge on any atom is 0.227 e. The van der Waals surface area contributed by atoms with Crippen molar-refractivity contribution in [2.45, 2.75) is 39.0 Å². The largest absolute Gasteiger partial charge is 0.243 e. The zero-order valence-electron chi connectivity index (χ0n) is 29.4. The monoisotopic (exact) mass is 714 g/mol. The summed E-state index contributed by atoms with van der Waals surface area (Å²) in [7, 11) is 0. The van der Waals surface area contributed by atoms with Crippen molar-refractivity contribution in [3.05, 3.63) is 211 Å². The van der Waals surface area contributed by atoms with Gasteiger partial charge >= 0.3 is 0 Å². The molecule has 2 heterocycles. The van der Waals surface area contributed by atoms with Gasteiger partial charge in [-0.15, -0.1) is 0 Å². The second-order valence-corrected chi connectivity index (χ2v) is 14.4. The van der Waals surface area contributed by atoms with Crippen LogP contribution in [0.4, 0.5) is 0 Å². The first kappa shape index (κ1) is 33.7. The van der Waals surface area contributed by atoms with Crippen LogP contribution in [0.25, 0.3) is 0 Å². The topological polar surface area (TPSA) is 49.4 Å². The van der Waals surface area contributed by atoms with Crippen molar-refractivity contribution in [2.75, 3.05) is 0 Å². The Bertz CT molecular complexity index is 2140. The van der Waals surface area contributed by atoms with Crippen LogP contribution in [0.2, 0.25) is 10.0 Å². The van der Waals surface area contributed by atoms with Crippen LogP contribution in [0.5, 0.6) is 0 Å². The third-order valence-electron chi connectivity index (χ3n) is 9.83. The first-order chi connectivity index (χ1) is 25.2. The van der Waals surface area contributed by atoms with Crippen molar-refractivity contribution in [2.24, 2.45) is 20.0 Å². The molecule has 2 aliphatic rings. The predicted octanol–water partition coefficient (Wildman–Crippen LogP) is 11.2. The molecule has 0 saturated heterocycles. The molecule has 6 aromatic rings. The Balaban J connectivity index is 1.55. The summed E-state index contributed by atoms with van der Waals surface area (Å²) in [4.78, 5) is 23.0. The predicted molar refractivity (Wildman–Crippen MR) is 217 cm³/mol. The minimum Gasteiger partial charge on any atom is -0.243 e. The highest BCUT2D eigenvalue weighted by Gasteiger charge is 2.61. The molecule has 4 nitrogen and oxygen atoms in total. The Morgan fingerprint density at radius 1 is 0.327 bits per heavy atom. The fourth-order valence-corrected chi connectivity index (χ4v) is 7.51. The van der Waals surface area contributed by atoms with Crippen molar-refractivity contribution < 1.29 is 0 Å². The summed E-state index contributed by atoms with van der Waals surface area (Å²) in [6.07, 6.45) is 0. The van der Waals surface area contributed by atoms with Gasteiger partial charge in [0.15, 0.2) is 0 Å². The molecule has 52 heavy (non-hydrogen) atoms. The van der Waals surface area contributed by atoms with Gasteiger partial charge in [-0.05, 0) is 39.8 Å². The zero-order chi connectivity index (χ0) is 36.0. The van der Waals surface area contributed by atoms with E-state index in [1.165, 1.54) is 0 Å². The average molecular weight is 716 g/mol. The number of hydrogen-bond acceptors (Lipinski definition) is 4. The molecule has 0 saturated carbocycles. The van der Waals surface area contributed by atoms with E-state index in [0.717, 1.165) is 67.4 Å². The van der Waals surface area contributed by atoms with E-state index < -0.39 is 11.3 Å². The van der Waals surface area contributed by atoms with Crippen molar-refractivity contribution in [3.63, 3.8) is 0 Å². The Kier molecular flexibility index (Phi) is 8.61. The van der Waals surface area contributed by atoms with Crippen molar-refractivity contribution >= 4 is 46.0 Å². The Hall–Kier alpha value is -5.42. The lowest BCUT2D eigenvalue weighted by molar-refractivity contribution is 0.257. The van der Waals surface area contributed by atoms with E-state index in [9.17, 15) is 0 Å². The van der Waals surface area contributed by atoms with Crippen LogP contribution in [0, 0.1) is 27.7 Å². The van der Waals surface area contributed by atoms with Crippen molar-refractivity contribution in [1.29, 1.82) is 0 Å². The highest BCUT2D eigenvalue weighted by atomic mass is 35.5. The van der Waals surface area contributed by atoms with Gasteiger partial charge < -0.3 is 0 Å². The zero-order valence-corrected chi connectivity index (χ0v) is 30.9. The van der Waals surface area contributed by atoms with Crippen LogP contribution in [0.3, 0.4) is 0 Å². The third kappa shape index (κ3) is 5.73. The molecule has 254 valence electrons. The first-order valence-corrected chi connectivity index (χ1v) is 18.1. The summed E-state index contributed by atoms with van der Waals surface area (Å²) in [6, 6.07) is 49.1. The van der Waals surface area contributed by atoms with Gasteiger partial charge in [-0.2, -0.15) is 0 Å². The van der Waals surface area contributed by atoms with Crippen LogP contribution >= 0.6 is 23.2 Å². The van der Waals surface area contributed by atoms with Gasteiger partial charge in [0, 0.05) is 43.4 Å². The molecule has 6 aromatic carbocycles. The van der Waals surface area contributed by atoms with E-state index in [-0.39, 0.29) is 0 Å². The standard InChI is InChI=1S/C46H36Cl2N4/c1-29-13-21-33(22-14-29)41-42(34-23-15-30(2)16-24-34)50-45(49-41,37-9-5-7-11-39(37)47)46(38-10-6-8-12-40(38)48)51-43(35-25-17-31(3)18-26-35)44(52-46)36-27-19-32(4)20-28-36/h5-28H,1-4H3. The summed E-state index contributed by atoms with van der Waals surface area (Å²) in [5.41, 5.74) is 9.51. The lowest BCUT2D eigenvalue weighted by Crippen LogP contribution is -2.43. The van der Waals surface area contributed by atoms with Gasteiger partial charge in [0.05, 0.1) is 22.8 Å². The molecule has 0 fully saturated rings. The molecule has 0 amide bonds. The second kappa shape index (κ2) is 13.3. The molecule has 0 N–H and O–H groups in total. The molecule has 6 heteroatoms. The molecule has 0 radical (unpaired) electrons. The van der Waals surface area contributed by atoms with Gasteiger partial charge in [-0.3, -0.25) is 0 Å². The third-order valence-corrected chi connectivity index (χ3v) is 10.5. The maximum atomic E-state index is 7.26. The number of rotatable bonds is 7. The Labute approximate surface area is 315 Å². The molecule has 0 spiro atoms. The van der Waals surface area contributed by atoms with Gasteiger partial charge in [-0.1, -0.05) is 179 Å². The fraction of sp³-hybridized carbons (Fsp3) is 0.130. The molecule has 2 aliphatic heterocycles. The van der Waals surface area contributed by atoms with Crippen LogP contribution in [0.15, 0.2) is 166 Å². The molecule has 0 aromatic heterocycles. The molecule has 0 atom stereocenters. The van der Waals surface area contributed by atoms with Gasteiger partial charge in [-0.25, -0.2) is 20.0 Å². The number of aliphatic imine (C=N–C) groups is 4. The minimum absolute atomic E-state index is 0.501. The minimum atomic E-state index is -1.51. The average Bonchev–Trinajstić information content (AvgIpc) is 3.76. The molecule has 0 aliphatic carbocycles. The summed E-state index contributed by atoms with van der Waals surface area (Å²) >= 11 is 14.5. The number of nitrogens with zero attached hydrogens (tertiary/aromatic N) is 4. The normalized spacial score (nSPS) is 15.9. The van der Waals surface area contributed by atoms with Crippen LogP contribution in [-0.2, 0) is 11.3 Å². The number of halogens is 2. The van der Waals surface area contributed by atoms with E-state index in [0.29, 0.717) is 21.2 Å². The number of hydrogen-bond donors (Lipinski definition) is 0. The summed E-state index contributed by atoms with van der Waals surface area (Å²) in [6.45, 7) is 8.32. The molecule has 0 unspecified atom stereocenters. The Morgan fingerprint density at radius 3 is 0.788 bits per heavy atom. The molecule has 0 bridgehead atoms. The molecule has 8 rings (SSSR count). The van der Waals surface area contributed by atoms with E-state index in [4.69, 9.17) is 43.2 Å². The van der Waals surface area contributed by atoms with Gasteiger partial charge in [0.25, 0.3) is 0 Å². The molecular weight excluding hydrogens is 679 g/mol. The van der Waals surface area contributed by atoms with Gasteiger partial charge in [0.2, 0.25) is 11.3 Å². The van der Waals surface area contributed by atoms with Crippen molar-refractivity contribution in [1.82, 2.24) is 0 Å².